The molecule has 1 fully saturated rings. The molecule has 3 aromatic carbocycles. The smallest absolute Gasteiger partial charge is 0.174 e. The Morgan fingerprint density at radius 1 is 0.885 bits per heavy atom. The van der Waals surface area contributed by atoms with Crippen molar-refractivity contribution in [2.75, 3.05) is 5.06 Å². The SMILES string of the molecule is Cc1ccc(N2OC(C#N)CC2c2ccc(-c3ccccc3)cc2)cc1. The van der Waals surface area contributed by atoms with Gasteiger partial charge in [0.05, 0.1) is 17.8 Å². The minimum absolute atomic E-state index is 0.0344. The summed E-state index contributed by atoms with van der Waals surface area (Å²) in [5, 5.41) is 11.2. The van der Waals surface area contributed by atoms with Crippen molar-refractivity contribution in [3.05, 3.63) is 90.0 Å². The molecule has 3 heteroatoms. The van der Waals surface area contributed by atoms with Crippen LogP contribution >= 0.6 is 0 Å². The number of hydrogen-bond donors (Lipinski definition) is 0. The summed E-state index contributed by atoms with van der Waals surface area (Å²) in [6.45, 7) is 2.06. The predicted octanol–water partition coefficient (Wildman–Crippen LogP) is 5.44. The normalized spacial score (nSPS) is 19.3. The number of aryl methyl sites for hydroxylation is 1. The summed E-state index contributed by atoms with van der Waals surface area (Å²) in [5.74, 6) is 0. The summed E-state index contributed by atoms with van der Waals surface area (Å²) in [7, 11) is 0. The lowest BCUT2D eigenvalue weighted by Crippen LogP contribution is -2.21. The molecule has 0 bridgehead atoms. The third kappa shape index (κ3) is 3.20. The fourth-order valence-electron chi connectivity index (χ4n) is 3.36. The van der Waals surface area contributed by atoms with Gasteiger partial charge in [0.2, 0.25) is 0 Å². The van der Waals surface area contributed by atoms with Gasteiger partial charge >= 0.3 is 0 Å². The molecule has 0 aliphatic carbocycles. The van der Waals surface area contributed by atoms with Gasteiger partial charge < -0.3 is 0 Å². The van der Waals surface area contributed by atoms with E-state index in [-0.39, 0.29) is 6.04 Å². The van der Waals surface area contributed by atoms with Gasteiger partial charge in [-0.05, 0) is 35.7 Å². The van der Waals surface area contributed by atoms with E-state index in [1.807, 2.05) is 35.4 Å². The Labute approximate surface area is 154 Å². The minimum Gasteiger partial charge on any atom is -0.254 e. The summed E-state index contributed by atoms with van der Waals surface area (Å²) in [5.41, 5.74) is 5.72. The Morgan fingerprint density at radius 2 is 1.54 bits per heavy atom. The first-order valence-corrected chi connectivity index (χ1v) is 8.82. The number of rotatable bonds is 3. The van der Waals surface area contributed by atoms with Gasteiger partial charge in [-0.15, -0.1) is 0 Å². The third-order valence-electron chi connectivity index (χ3n) is 4.80. The van der Waals surface area contributed by atoms with Crippen LogP contribution in [0.5, 0.6) is 0 Å². The molecular weight excluding hydrogens is 320 g/mol. The van der Waals surface area contributed by atoms with E-state index in [0.29, 0.717) is 6.42 Å². The maximum absolute atomic E-state index is 9.33. The van der Waals surface area contributed by atoms with Crippen LogP contribution in [0.1, 0.15) is 23.6 Å². The second-order valence-electron chi connectivity index (χ2n) is 6.62. The highest BCUT2D eigenvalue weighted by Gasteiger charge is 2.35. The van der Waals surface area contributed by atoms with Crippen LogP contribution < -0.4 is 5.06 Å². The van der Waals surface area contributed by atoms with Crippen LogP contribution in [0.3, 0.4) is 0 Å². The van der Waals surface area contributed by atoms with Gasteiger partial charge in [-0.2, -0.15) is 5.26 Å². The highest BCUT2D eigenvalue weighted by Crippen LogP contribution is 2.38. The van der Waals surface area contributed by atoms with E-state index in [1.165, 1.54) is 16.7 Å². The van der Waals surface area contributed by atoms with Gasteiger partial charge in [0, 0.05) is 6.42 Å². The van der Waals surface area contributed by atoms with E-state index in [4.69, 9.17) is 4.84 Å². The lowest BCUT2D eigenvalue weighted by atomic mass is 9.98. The van der Waals surface area contributed by atoms with Gasteiger partial charge in [-0.3, -0.25) is 4.84 Å². The van der Waals surface area contributed by atoms with Crippen molar-refractivity contribution in [3.63, 3.8) is 0 Å². The first-order chi connectivity index (χ1) is 12.7. The van der Waals surface area contributed by atoms with Crippen LogP contribution in [-0.2, 0) is 4.84 Å². The number of benzene rings is 3. The van der Waals surface area contributed by atoms with E-state index in [2.05, 4.69) is 61.5 Å². The minimum atomic E-state index is -0.421. The maximum Gasteiger partial charge on any atom is 0.174 e. The molecule has 26 heavy (non-hydrogen) atoms. The van der Waals surface area contributed by atoms with Gasteiger partial charge in [0.25, 0.3) is 0 Å². The highest BCUT2D eigenvalue weighted by molar-refractivity contribution is 5.63. The van der Waals surface area contributed by atoms with Crippen molar-refractivity contribution >= 4 is 5.69 Å². The monoisotopic (exact) mass is 340 g/mol. The number of nitriles is 1. The van der Waals surface area contributed by atoms with Crippen molar-refractivity contribution in [2.45, 2.75) is 25.5 Å². The quantitative estimate of drug-likeness (QED) is 0.637. The van der Waals surface area contributed by atoms with Crippen LogP contribution in [0.25, 0.3) is 11.1 Å². The molecule has 1 aliphatic heterocycles. The number of hydrogen-bond acceptors (Lipinski definition) is 3. The molecule has 4 rings (SSSR count). The van der Waals surface area contributed by atoms with E-state index < -0.39 is 6.10 Å². The van der Waals surface area contributed by atoms with Gasteiger partial charge in [-0.25, -0.2) is 5.06 Å². The van der Waals surface area contributed by atoms with E-state index in [1.54, 1.807) is 0 Å². The summed E-state index contributed by atoms with van der Waals surface area (Å²) < 4.78 is 0. The fraction of sp³-hybridized carbons (Fsp3) is 0.174. The van der Waals surface area contributed by atoms with Crippen LogP contribution in [0.4, 0.5) is 5.69 Å². The molecule has 0 amide bonds. The Kier molecular flexibility index (Phi) is 4.43. The standard InChI is InChI=1S/C23H20N2O/c1-17-7-13-21(14-8-17)25-23(15-22(16-24)26-25)20-11-9-19(10-12-20)18-5-3-2-4-6-18/h2-14,22-23H,15H2,1H3. The zero-order chi connectivity index (χ0) is 17.9. The maximum atomic E-state index is 9.33. The molecule has 3 nitrogen and oxygen atoms in total. The first-order valence-electron chi connectivity index (χ1n) is 8.82. The Morgan fingerprint density at radius 3 is 2.19 bits per heavy atom. The van der Waals surface area contributed by atoms with Gasteiger partial charge in [0.1, 0.15) is 0 Å². The second kappa shape index (κ2) is 7.03. The summed E-state index contributed by atoms with van der Waals surface area (Å²) in [6.07, 6.45) is 0.241. The molecule has 0 saturated carbocycles. The molecule has 1 aliphatic rings. The number of nitrogens with zero attached hydrogens (tertiary/aromatic N) is 2. The van der Waals surface area contributed by atoms with E-state index in [9.17, 15) is 5.26 Å². The molecule has 0 N–H and O–H groups in total. The van der Waals surface area contributed by atoms with Gasteiger partial charge in [-0.1, -0.05) is 72.3 Å². The number of hydroxylamine groups is 1. The molecule has 2 atom stereocenters. The Hall–Kier alpha value is -3.09. The topological polar surface area (TPSA) is 36.3 Å². The van der Waals surface area contributed by atoms with Crippen LogP contribution in [0.2, 0.25) is 0 Å². The Balaban J connectivity index is 1.64. The highest BCUT2D eigenvalue weighted by atomic mass is 16.7. The van der Waals surface area contributed by atoms with Crippen molar-refractivity contribution in [1.82, 2.24) is 0 Å². The molecule has 0 spiro atoms. The summed E-state index contributed by atoms with van der Waals surface area (Å²) in [6, 6.07) is 29.4. The molecule has 3 aromatic rings. The summed E-state index contributed by atoms with van der Waals surface area (Å²) >= 11 is 0. The van der Waals surface area contributed by atoms with E-state index >= 15 is 0 Å². The average Bonchev–Trinajstić information content (AvgIpc) is 3.14. The largest absolute Gasteiger partial charge is 0.254 e. The van der Waals surface area contributed by atoms with Crippen LogP contribution in [0.15, 0.2) is 78.9 Å². The molecule has 128 valence electrons. The molecule has 2 unspecified atom stereocenters. The second-order valence-corrected chi connectivity index (χ2v) is 6.62. The molecule has 0 radical (unpaired) electrons. The van der Waals surface area contributed by atoms with Crippen molar-refractivity contribution in [1.29, 1.82) is 5.26 Å². The zero-order valence-electron chi connectivity index (χ0n) is 14.7. The van der Waals surface area contributed by atoms with Crippen molar-refractivity contribution in [3.8, 4) is 17.2 Å². The lowest BCUT2D eigenvalue weighted by molar-refractivity contribution is 0.118. The van der Waals surface area contributed by atoms with E-state index in [0.717, 1.165) is 11.3 Å². The molecule has 0 aromatic heterocycles. The zero-order valence-corrected chi connectivity index (χ0v) is 14.7. The molecular formula is C23H20N2O. The lowest BCUT2D eigenvalue weighted by Gasteiger charge is -2.25. The van der Waals surface area contributed by atoms with Crippen molar-refractivity contribution < 1.29 is 4.84 Å². The molecule has 1 heterocycles. The summed E-state index contributed by atoms with van der Waals surface area (Å²) in [4.78, 5) is 5.89. The third-order valence-corrected chi connectivity index (χ3v) is 4.80. The predicted molar refractivity (Wildman–Crippen MR) is 103 cm³/mol. The van der Waals surface area contributed by atoms with Crippen LogP contribution in [-0.4, -0.2) is 6.10 Å². The van der Waals surface area contributed by atoms with Crippen LogP contribution in [0, 0.1) is 18.3 Å². The molecule has 1 saturated heterocycles. The first kappa shape index (κ1) is 16.4. The Bertz CT molecular complexity index is 911. The van der Waals surface area contributed by atoms with Gasteiger partial charge in [0.15, 0.2) is 6.10 Å². The fourth-order valence-corrected chi connectivity index (χ4v) is 3.36. The number of anilines is 1. The average molecular weight is 340 g/mol. The van der Waals surface area contributed by atoms with Crippen molar-refractivity contribution in [2.24, 2.45) is 0 Å².